The fourth-order valence-corrected chi connectivity index (χ4v) is 3.37. The predicted octanol–water partition coefficient (Wildman–Crippen LogP) is 5.93. The summed E-state index contributed by atoms with van der Waals surface area (Å²) in [6.45, 7) is 10.4. The van der Waals surface area contributed by atoms with Gasteiger partial charge in [-0.3, -0.25) is 0 Å². The van der Waals surface area contributed by atoms with E-state index >= 15 is 0 Å². The fraction of sp³-hybridized carbons (Fsp3) is 0.429. The standard InChI is InChI=1S/C21H28O2/c1-5-6-7-8-16-12-19(22)21(20(23)13-16)18-11-15(4)9-10-17(18)14(2)3/h7-8,11-13,17-18,22-23H,2,5-6,9-10H2,1,3-4H3/b8-7+/t17?,18-/m1/s1. The monoisotopic (exact) mass is 312 g/mol. The first-order chi connectivity index (χ1) is 10.9. The lowest BCUT2D eigenvalue weighted by Gasteiger charge is -2.31. The van der Waals surface area contributed by atoms with Gasteiger partial charge < -0.3 is 10.2 Å². The van der Waals surface area contributed by atoms with E-state index in [1.807, 2.05) is 13.0 Å². The lowest BCUT2D eigenvalue weighted by Crippen LogP contribution is -2.17. The molecule has 1 aliphatic rings. The summed E-state index contributed by atoms with van der Waals surface area (Å²) in [4.78, 5) is 0. The molecule has 0 heterocycles. The molecule has 2 rings (SSSR count). The highest BCUT2D eigenvalue weighted by atomic mass is 16.3. The van der Waals surface area contributed by atoms with Gasteiger partial charge in [-0.2, -0.15) is 0 Å². The third-order valence-corrected chi connectivity index (χ3v) is 4.64. The molecule has 0 aromatic heterocycles. The average Bonchev–Trinajstić information content (AvgIpc) is 2.46. The van der Waals surface area contributed by atoms with Crippen LogP contribution in [-0.4, -0.2) is 10.2 Å². The number of hydrogen-bond donors (Lipinski definition) is 2. The van der Waals surface area contributed by atoms with Crippen LogP contribution in [0.5, 0.6) is 11.5 Å². The first kappa shape index (κ1) is 17.4. The number of benzene rings is 1. The van der Waals surface area contributed by atoms with Gasteiger partial charge >= 0.3 is 0 Å². The fourth-order valence-electron chi connectivity index (χ4n) is 3.37. The maximum atomic E-state index is 10.5. The molecule has 1 aromatic carbocycles. The minimum Gasteiger partial charge on any atom is -0.507 e. The molecule has 2 N–H and O–H groups in total. The van der Waals surface area contributed by atoms with Gasteiger partial charge in [-0.15, -0.1) is 0 Å². The van der Waals surface area contributed by atoms with E-state index in [4.69, 9.17) is 0 Å². The normalized spacial score (nSPS) is 21.4. The lowest BCUT2D eigenvalue weighted by atomic mass is 9.73. The number of allylic oxidation sites excluding steroid dienone is 4. The Morgan fingerprint density at radius 2 is 1.96 bits per heavy atom. The molecule has 2 heteroatoms. The second kappa shape index (κ2) is 7.54. The summed E-state index contributed by atoms with van der Waals surface area (Å²) in [5, 5.41) is 21.0. The van der Waals surface area contributed by atoms with Gasteiger partial charge in [0, 0.05) is 11.5 Å². The van der Waals surface area contributed by atoms with Crippen molar-refractivity contribution in [3.63, 3.8) is 0 Å². The molecular weight excluding hydrogens is 284 g/mol. The van der Waals surface area contributed by atoms with Crippen LogP contribution in [0.3, 0.4) is 0 Å². The van der Waals surface area contributed by atoms with Crippen molar-refractivity contribution in [1.29, 1.82) is 0 Å². The maximum Gasteiger partial charge on any atom is 0.123 e. The Morgan fingerprint density at radius 1 is 1.30 bits per heavy atom. The Labute approximate surface area is 139 Å². The van der Waals surface area contributed by atoms with Crippen LogP contribution in [0.25, 0.3) is 6.08 Å². The van der Waals surface area contributed by atoms with Gasteiger partial charge in [0.05, 0.1) is 0 Å². The minimum atomic E-state index is -0.00470. The van der Waals surface area contributed by atoms with E-state index in [0.29, 0.717) is 5.56 Å². The molecule has 0 bridgehead atoms. The van der Waals surface area contributed by atoms with Crippen molar-refractivity contribution in [2.24, 2.45) is 5.92 Å². The topological polar surface area (TPSA) is 40.5 Å². The van der Waals surface area contributed by atoms with Gasteiger partial charge in [0.25, 0.3) is 0 Å². The summed E-state index contributed by atoms with van der Waals surface area (Å²) in [5.41, 5.74) is 3.87. The van der Waals surface area contributed by atoms with Crippen LogP contribution in [0.2, 0.25) is 0 Å². The molecule has 1 aliphatic carbocycles. The molecule has 124 valence electrons. The zero-order valence-electron chi connectivity index (χ0n) is 14.5. The zero-order valence-corrected chi connectivity index (χ0v) is 14.5. The highest BCUT2D eigenvalue weighted by Crippen LogP contribution is 2.46. The van der Waals surface area contributed by atoms with Crippen LogP contribution in [0.1, 0.15) is 63.5 Å². The van der Waals surface area contributed by atoms with Crippen molar-refractivity contribution < 1.29 is 10.2 Å². The van der Waals surface area contributed by atoms with E-state index in [2.05, 4.69) is 32.6 Å². The number of rotatable bonds is 5. The average molecular weight is 312 g/mol. The van der Waals surface area contributed by atoms with Crippen molar-refractivity contribution in [3.05, 3.63) is 53.1 Å². The Balaban J connectivity index is 2.41. The number of aromatic hydroxyl groups is 2. The second-order valence-corrected chi connectivity index (χ2v) is 6.69. The van der Waals surface area contributed by atoms with Crippen LogP contribution in [0.15, 0.2) is 42.0 Å². The van der Waals surface area contributed by atoms with Gasteiger partial charge in [0.15, 0.2) is 0 Å². The number of unbranched alkanes of at least 4 members (excludes halogenated alkanes) is 1. The van der Waals surface area contributed by atoms with Crippen molar-refractivity contribution >= 4 is 6.08 Å². The maximum absolute atomic E-state index is 10.5. The van der Waals surface area contributed by atoms with Gasteiger partial charge in [0.1, 0.15) is 11.5 Å². The van der Waals surface area contributed by atoms with E-state index in [-0.39, 0.29) is 23.3 Å². The van der Waals surface area contributed by atoms with Crippen molar-refractivity contribution in [2.75, 3.05) is 0 Å². The highest BCUT2D eigenvalue weighted by molar-refractivity contribution is 5.60. The molecule has 1 aromatic rings. The first-order valence-electron chi connectivity index (χ1n) is 8.49. The molecule has 2 nitrogen and oxygen atoms in total. The molecule has 23 heavy (non-hydrogen) atoms. The molecule has 0 fully saturated rings. The molecule has 1 unspecified atom stereocenters. The summed E-state index contributed by atoms with van der Waals surface area (Å²) in [7, 11) is 0. The van der Waals surface area contributed by atoms with Gasteiger partial charge in [-0.05, 0) is 56.7 Å². The quantitative estimate of drug-likeness (QED) is 0.662. The van der Waals surface area contributed by atoms with Gasteiger partial charge in [0.2, 0.25) is 0 Å². The third kappa shape index (κ3) is 4.07. The van der Waals surface area contributed by atoms with E-state index in [9.17, 15) is 10.2 Å². The van der Waals surface area contributed by atoms with E-state index in [0.717, 1.165) is 36.8 Å². The van der Waals surface area contributed by atoms with Gasteiger partial charge in [-0.1, -0.05) is 49.3 Å². The highest BCUT2D eigenvalue weighted by Gasteiger charge is 2.29. The van der Waals surface area contributed by atoms with E-state index in [1.165, 1.54) is 5.57 Å². The van der Waals surface area contributed by atoms with Crippen molar-refractivity contribution in [1.82, 2.24) is 0 Å². The number of phenolic OH excluding ortho intramolecular Hbond substituents is 2. The molecule has 0 aliphatic heterocycles. The number of phenols is 2. The summed E-state index contributed by atoms with van der Waals surface area (Å²) in [5.74, 6) is 0.596. The Kier molecular flexibility index (Phi) is 5.70. The number of hydrogen-bond acceptors (Lipinski definition) is 2. The smallest absolute Gasteiger partial charge is 0.123 e. The third-order valence-electron chi connectivity index (χ3n) is 4.64. The second-order valence-electron chi connectivity index (χ2n) is 6.69. The summed E-state index contributed by atoms with van der Waals surface area (Å²) < 4.78 is 0. The molecular formula is C21H28O2. The molecule has 0 saturated carbocycles. The summed E-state index contributed by atoms with van der Waals surface area (Å²) in [6.07, 6.45) is 10.3. The zero-order chi connectivity index (χ0) is 17.0. The summed E-state index contributed by atoms with van der Waals surface area (Å²) in [6, 6.07) is 3.49. The molecule has 0 amide bonds. The Bertz CT molecular complexity index is 614. The first-order valence-corrected chi connectivity index (χ1v) is 8.49. The van der Waals surface area contributed by atoms with Crippen LogP contribution < -0.4 is 0 Å². The van der Waals surface area contributed by atoms with Gasteiger partial charge in [-0.25, -0.2) is 0 Å². The van der Waals surface area contributed by atoms with Crippen LogP contribution in [0, 0.1) is 5.92 Å². The molecule has 0 spiro atoms. The molecule has 0 radical (unpaired) electrons. The summed E-state index contributed by atoms with van der Waals surface area (Å²) >= 11 is 0. The van der Waals surface area contributed by atoms with Crippen molar-refractivity contribution in [2.45, 2.75) is 52.4 Å². The lowest BCUT2D eigenvalue weighted by molar-refractivity contribution is 0.407. The Hall–Kier alpha value is -1.96. The molecule has 2 atom stereocenters. The van der Waals surface area contributed by atoms with E-state index < -0.39 is 0 Å². The Morgan fingerprint density at radius 3 is 2.52 bits per heavy atom. The van der Waals surface area contributed by atoms with Crippen LogP contribution in [0.4, 0.5) is 0 Å². The largest absolute Gasteiger partial charge is 0.507 e. The minimum absolute atomic E-state index is 0.00470. The predicted molar refractivity (Wildman–Crippen MR) is 97.7 cm³/mol. The van der Waals surface area contributed by atoms with E-state index in [1.54, 1.807) is 12.1 Å². The van der Waals surface area contributed by atoms with Crippen molar-refractivity contribution in [3.8, 4) is 11.5 Å². The molecule has 0 saturated heterocycles. The van der Waals surface area contributed by atoms with Crippen LogP contribution >= 0.6 is 0 Å². The van der Waals surface area contributed by atoms with Crippen LogP contribution in [-0.2, 0) is 0 Å². The SMILES string of the molecule is C=C(C)C1CCC(C)=C[C@H]1c1c(O)cc(/C=C/CCC)cc1O.